The average Bonchev–Trinajstić information content (AvgIpc) is 2.70. The molecule has 0 aliphatic rings. The van der Waals surface area contributed by atoms with Gasteiger partial charge in [0.1, 0.15) is 0 Å². The van der Waals surface area contributed by atoms with Crippen LogP contribution in [-0.4, -0.2) is 20.9 Å². The Bertz CT molecular complexity index is 1210. The first kappa shape index (κ1) is 23.5. The number of carbonyl (C=O) groups is 1. The van der Waals surface area contributed by atoms with Gasteiger partial charge in [-0.2, -0.15) is 0 Å². The Morgan fingerprint density at radius 2 is 1.56 bits per heavy atom. The number of amides is 1. The third-order valence-electron chi connectivity index (χ3n) is 5.22. The molecular formula is C26H30N2O3S. The van der Waals surface area contributed by atoms with Gasteiger partial charge in [0.05, 0.1) is 4.90 Å². The quantitative estimate of drug-likeness (QED) is 0.470. The summed E-state index contributed by atoms with van der Waals surface area (Å²) >= 11 is 0. The number of hydrogen-bond donors (Lipinski definition) is 2. The van der Waals surface area contributed by atoms with Gasteiger partial charge in [0.2, 0.25) is 0 Å². The van der Waals surface area contributed by atoms with Crippen LogP contribution < -0.4 is 10.0 Å². The van der Waals surface area contributed by atoms with Crippen molar-refractivity contribution in [2.24, 2.45) is 0 Å². The Balaban J connectivity index is 1.68. The van der Waals surface area contributed by atoms with E-state index in [9.17, 15) is 13.2 Å². The van der Waals surface area contributed by atoms with Crippen molar-refractivity contribution in [3.8, 4) is 0 Å². The molecule has 5 nitrogen and oxygen atoms in total. The maximum Gasteiger partial charge on any atom is 0.262 e. The molecule has 0 radical (unpaired) electrons. The molecule has 6 heteroatoms. The lowest BCUT2D eigenvalue weighted by molar-refractivity contribution is 0.0953. The fourth-order valence-electron chi connectivity index (χ4n) is 3.74. The van der Waals surface area contributed by atoms with Crippen molar-refractivity contribution in [2.45, 2.75) is 45.4 Å². The van der Waals surface area contributed by atoms with Gasteiger partial charge in [-0.3, -0.25) is 9.52 Å². The minimum Gasteiger partial charge on any atom is -0.352 e. The van der Waals surface area contributed by atoms with E-state index in [0.29, 0.717) is 23.4 Å². The zero-order valence-electron chi connectivity index (χ0n) is 19.0. The minimum absolute atomic E-state index is 0.101. The minimum atomic E-state index is -3.83. The molecule has 0 aliphatic heterocycles. The fourth-order valence-corrected chi connectivity index (χ4v) is 5.05. The number of rotatable bonds is 8. The lowest BCUT2D eigenvalue weighted by atomic mass is 10.1. The molecule has 168 valence electrons. The molecule has 3 aromatic rings. The van der Waals surface area contributed by atoms with Crippen molar-refractivity contribution < 1.29 is 13.2 Å². The van der Waals surface area contributed by atoms with Crippen LogP contribution in [0.25, 0.3) is 0 Å². The first-order valence-electron chi connectivity index (χ1n) is 10.7. The second kappa shape index (κ2) is 10.0. The van der Waals surface area contributed by atoms with E-state index in [4.69, 9.17) is 0 Å². The Morgan fingerprint density at radius 1 is 0.844 bits per heavy atom. The van der Waals surface area contributed by atoms with Crippen LogP contribution in [0.15, 0.2) is 65.6 Å². The molecule has 0 aromatic heterocycles. The normalized spacial score (nSPS) is 11.2. The summed E-state index contributed by atoms with van der Waals surface area (Å²) in [5, 5.41) is 2.89. The van der Waals surface area contributed by atoms with Crippen LogP contribution >= 0.6 is 0 Å². The van der Waals surface area contributed by atoms with Crippen molar-refractivity contribution in [2.75, 3.05) is 11.3 Å². The summed E-state index contributed by atoms with van der Waals surface area (Å²) in [7, 11) is -3.83. The predicted octanol–water partition coefficient (Wildman–Crippen LogP) is 5.08. The van der Waals surface area contributed by atoms with E-state index in [-0.39, 0.29) is 10.8 Å². The molecule has 0 heterocycles. The van der Waals surface area contributed by atoms with Gasteiger partial charge in [0, 0.05) is 17.8 Å². The summed E-state index contributed by atoms with van der Waals surface area (Å²) in [5.41, 5.74) is 5.81. The van der Waals surface area contributed by atoms with Crippen LogP contribution in [0.4, 0.5) is 5.69 Å². The molecule has 0 aliphatic carbocycles. The van der Waals surface area contributed by atoms with Crippen LogP contribution in [-0.2, 0) is 16.4 Å². The van der Waals surface area contributed by atoms with Crippen LogP contribution in [0.1, 0.15) is 44.6 Å². The number of anilines is 1. The smallest absolute Gasteiger partial charge is 0.262 e. The summed E-state index contributed by atoms with van der Waals surface area (Å²) in [4.78, 5) is 12.7. The van der Waals surface area contributed by atoms with Crippen molar-refractivity contribution in [1.29, 1.82) is 0 Å². The molecule has 0 bridgehead atoms. The molecule has 32 heavy (non-hydrogen) atoms. The number of nitrogens with one attached hydrogen (secondary N) is 2. The maximum absolute atomic E-state index is 13.0. The van der Waals surface area contributed by atoms with Crippen molar-refractivity contribution in [3.63, 3.8) is 0 Å². The maximum atomic E-state index is 13.0. The largest absolute Gasteiger partial charge is 0.352 e. The predicted molar refractivity (Wildman–Crippen MR) is 130 cm³/mol. The van der Waals surface area contributed by atoms with Crippen molar-refractivity contribution in [3.05, 3.63) is 94.0 Å². The highest BCUT2D eigenvalue weighted by atomic mass is 32.2. The first-order valence-corrected chi connectivity index (χ1v) is 12.2. The summed E-state index contributed by atoms with van der Waals surface area (Å²) < 4.78 is 28.7. The van der Waals surface area contributed by atoms with Gasteiger partial charge in [0.15, 0.2) is 0 Å². The highest BCUT2D eigenvalue weighted by Gasteiger charge is 2.19. The molecule has 0 unspecified atom stereocenters. The van der Waals surface area contributed by atoms with Gasteiger partial charge in [-0.25, -0.2) is 8.42 Å². The highest BCUT2D eigenvalue weighted by Crippen LogP contribution is 2.22. The molecule has 0 fully saturated rings. The van der Waals surface area contributed by atoms with Crippen molar-refractivity contribution >= 4 is 21.6 Å². The van der Waals surface area contributed by atoms with Gasteiger partial charge >= 0.3 is 0 Å². The van der Waals surface area contributed by atoms with Gasteiger partial charge in [0.25, 0.3) is 15.9 Å². The van der Waals surface area contributed by atoms with E-state index in [1.807, 2.05) is 26.0 Å². The third-order valence-corrected chi connectivity index (χ3v) is 6.75. The van der Waals surface area contributed by atoms with Crippen LogP contribution in [0.2, 0.25) is 0 Å². The average molecular weight is 451 g/mol. The van der Waals surface area contributed by atoms with E-state index in [1.54, 1.807) is 31.2 Å². The Morgan fingerprint density at radius 3 is 2.25 bits per heavy atom. The molecular weight excluding hydrogens is 420 g/mol. The van der Waals surface area contributed by atoms with E-state index >= 15 is 0 Å². The molecule has 2 N–H and O–H groups in total. The van der Waals surface area contributed by atoms with Crippen LogP contribution in [0, 0.1) is 27.7 Å². The fraction of sp³-hybridized carbons (Fsp3) is 0.269. The van der Waals surface area contributed by atoms with E-state index in [2.05, 4.69) is 35.2 Å². The summed E-state index contributed by atoms with van der Waals surface area (Å²) in [6.07, 6.45) is 1.68. The Hall–Kier alpha value is -3.12. The molecule has 0 spiro atoms. The van der Waals surface area contributed by atoms with Crippen LogP contribution in [0.5, 0.6) is 0 Å². The SMILES string of the molecule is Cc1cccc(CCCNC(=O)c2ccc(C)c(S(=O)(=O)Nc3cc(C)cc(C)c3)c2)c1. The van der Waals surface area contributed by atoms with Crippen molar-refractivity contribution in [1.82, 2.24) is 5.32 Å². The molecule has 3 rings (SSSR count). The summed E-state index contributed by atoms with van der Waals surface area (Å²) in [6.45, 7) is 8.13. The lowest BCUT2D eigenvalue weighted by Gasteiger charge is -2.13. The van der Waals surface area contributed by atoms with Gasteiger partial charge < -0.3 is 5.32 Å². The number of carbonyl (C=O) groups excluding carboxylic acids is 1. The van der Waals surface area contributed by atoms with Crippen LogP contribution in [0.3, 0.4) is 0 Å². The number of aryl methyl sites for hydroxylation is 5. The second-order valence-electron chi connectivity index (χ2n) is 8.31. The number of sulfonamides is 1. The summed E-state index contributed by atoms with van der Waals surface area (Å²) in [6, 6.07) is 18.6. The van der Waals surface area contributed by atoms with Gasteiger partial charge in [-0.05, 0) is 87.1 Å². The van der Waals surface area contributed by atoms with Gasteiger partial charge in [-0.1, -0.05) is 42.0 Å². The molecule has 0 saturated heterocycles. The van der Waals surface area contributed by atoms with Gasteiger partial charge in [-0.15, -0.1) is 0 Å². The standard InChI is InChI=1S/C26H30N2O3S/c1-18-7-5-8-22(14-18)9-6-12-27-26(29)23-11-10-21(4)25(17-23)32(30,31)28-24-15-19(2)13-20(3)16-24/h5,7-8,10-11,13-17,28H,6,9,12H2,1-4H3,(H,27,29). The Labute approximate surface area is 190 Å². The van der Waals surface area contributed by atoms with E-state index in [0.717, 1.165) is 24.0 Å². The molecule has 0 atom stereocenters. The third kappa shape index (κ3) is 6.20. The molecule has 1 amide bonds. The molecule has 3 aromatic carbocycles. The Kier molecular flexibility index (Phi) is 7.36. The van der Waals surface area contributed by atoms with E-state index < -0.39 is 10.0 Å². The number of benzene rings is 3. The first-order chi connectivity index (χ1) is 15.1. The second-order valence-corrected chi connectivity index (χ2v) is 9.96. The highest BCUT2D eigenvalue weighted by molar-refractivity contribution is 7.92. The summed E-state index contributed by atoms with van der Waals surface area (Å²) in [5.74, 6) is -0.280. The zero-order valence-corrected chi connectivity index (χ0v) is 19.8. The van der Waals surface area contributed by atoms with E-state index in [1.165, 1.54) is 17.2 Å². The monoisotopic (exact) mass is 450 g/mol. The zero-order chi connectivity index (χ0) is 23.3. The topological polar surface area (TPSA) is 75.3 Å². The molecule has 0 saturated carbocycles. The lowest BCUT2D eigenvalue weighted by Crippen LogP contribution is -2.25. The number of hydrogen-bond acceptors (Lipinski definition) is 3.